The second-order valence-corrected chi connectivity index (χ2v) is 5.47. The largest absolute Gasteiger partial charge is 0.334 e. The average Bonchev–Trinajstić information content (AvgIpc) is 2.88. The van der Waals surface area contributed by atoms with Gasteiger partial charge < -0.3 is 4.90 Å². The maximum Gasteiger partial charge on any atom is 0.257 e. The monoisotopic (exact) mass is 279 g/mol. The molecule has 0 bridgehead atoms. The summed E-state index contributed by atoms with van der Waals surface area (Å²) in [6.07, 6.45) is 0.773. The molecule has 1 aliphatic rings. The third-order valence-electron chi connectivity index (χ3n) is 3.25. The van der Waals surface area contributed by atoms with Gasteiger partial charge in [0, 0.05) is 18.0 Å². The zero-order chi connectivity index (χ0) is 13.4. The Hall–Kier alpha value is -1.75. The molecule has 0 aliphatic carbocycles. The Labute approximate surface area is 113 Å². The summed E-state index contributed by atoms with van der Waals surface area (Å²) in [5, 5.41) is 1.99. The van der Waals surface area contributed by atoms with E-state index in [9.17, 15) is 13.6 Å². The number of nitrogens with zero attached hydrogens (tertiary/aromatic N) is 1. The van der Waals surface area contributed by atoms with E-state index in [1.165, 1.54) is 4.88 Å². The summed E-state index contributed by atoms with van der Waals surface area (Å²) in [5.74, 6) is -1.73. The van der Waals surface area contributed by atoms with E-state index in [0.29, 0.717) is 13.1 Å². The molecular weight excluding hydrogens is 268 g/mol. The van der Waals surface area contributed by atoms with Crippen LogP contribution >= 0.6 is 11.3 Å². The zero-order valence-electron chi connectivity index (χ0n) is 10.0. The van der Waals surface area contributed by atoms with Gasteiger partial charge in [0.2, 0.25) is 0 Å². The number of amides is 1. The van der Waals surface area contributed by atoms with E-state index in [-0.39, 0.29) is 5.56 Å². The molecule has 0 atom stereocenters. The highest BCUT2D eigenvalue weighted by Gasteiger charge is 2.24. The lowest BCUT2D eigenvalue weighted by atomic mass is 10.1. The molecule has 0 spiro atoms. The maximum absolute atomic E-state index is 13.6. The highest BCUT2D eigenvalue weighted by molar-refractivity contribution is 7.10. The Morgan fingerprint density at radius 3 is 2.95 bits per heavy atom. The SMILES string of the molecule is O=C(c1cc(F)ccc1F)N1CCc2sccc2C1. The molecule has 0 radical (unpaired) electrons. The lowest BCUT2D eigenvalue weighted by Gasteiger charge is -2.27. The summed E-state index contributed by atoms with van der Waals surface area (Å²) < 4.78 is 26.7. The van der Waals surface area contributed by atoms with Gasteiger partial charge in [-0.1, -0.05) is 0 Å². The van der Waals surface area contributed by atoms with E-state index >= 15 is 0 Å². The predicted octanol–water partition coefficient (Wildman–Crippen LogP) is 3.22. The van der Waals surface area contributed by atoms with Gasteiger partial charge in [0.1, 0.15) is 11.6 Å². The molecular formula is C14H11F2NOS. The Morgan fingerprint density at radius 1 is 1.26 bits per heavy atom. The van der Waals surface area contributed by atoms with Crippen LogP contribution in [-0.4, -0.2) is 17.4 Å². The van der Waals surface area contributed by atoms with Crippen molar-refractivity contribution in [1.82, 2.24) is 4.90 Å². The molecule has 5 heteroatoms. The van der Waals surface area contributed by atoms with Crippen LogP contribution in [0.4, 0.5) is 8.78 Å². The van der Waals surface area contributed by atoms with Crippen molar-refractivity contribution >= 4 is 17.2 Å². The van der Waals surface area contributed by atoms with Crippen molar-refractivity contribution in [2.75, 3.05) is 6.54 Å². The van der Waals surface area contributed by atoms with E-state index < -0.39 is 17.5 Å². The van der Waals surface area contributed by atoms with Crippen LogP contribution in [0.2, 0.25) is 0 Å². The summed E-state index contributed by atoms with van der Waals surface area (Å²) in [6, 6.07) is 4.93. The lowest BCUT2D eigenvalue weighted by molar-refractivity contribution is 0.0730. The number of rotatable bonds is 1. The van der Waals surface area contributed by atoms with Gasteiger partial charge in [-0.05, 0) is 41.6 Å². The highest BCUT2D eigenvalue weighted by Crippen LogP contribution is 2.25. The molecule has 0 saturated carbocycles. The first-order chi connectivity index (χ1) is 9.15. The number of thiophene rings is 1. The highest BCUT2D eigenvalue weighted by atomic mass is 32.1. The molecule has 0 fully saturated rings. The summed E-state index contributed by atoms with van der Waals surface area (Å²) in [7, 11) is 0. The second-order valence-electron chi connectivity index (χ2n) is 4.47. The van der Waals surface area contributed by atoms with Crippen LogP contribution in [0.25, 0.3) is 0 Å². The number of halogens is 2. The molecule has 3 rings (SSSR count). The topological polar surface area (TPSA) is 20.3 Å². The lowest BCUT2D eigenvalue weighted by Crippen LogP contribution is -2.35. The van der Waals surface area contributed by atoms with Gasteiger partial charge >= 0.3 is 0 Å². The molecule has 2 nitrogen and oxygen atoms in total. The molecule has 2 heterocycles. The van der Waals surface area contributed by atoms with Gasteiger partial charge in [-0.2, -0.15) is 0 Å². The van der Waals surface area contributed by atoms with Crippen LogP contribution in [0.5, 0.6) is 0 Å². The molecule has 1 amide bonds. The molecule has 98 valence electrons. The van der Waals surface area contributed by atoms with E-state index in [1.807, 2.05) is 11.4 Å². The predicted molar refractivity (Wildman–Crippen MR) is 69.1 cm³/mol. The van der Waals surface area contributed by atoms with Gasteiger partial charge in [-0.25, -0.2) is 8.78 Å². The van der Waals surface area contributed by atoms with Crippen LogP contribution in [0.3, 0.4) is 0 Å². The Morgan fingerprint density at radius 2 is 2.11 bits per heavy atom. The minimum atomic E-state index is -0.678. The summed E-state index contributed by atoms with van der Waals surface area (Å²) in [4.78, 5) is 15.1. The van der Waals surface area contributed by atoms with Gasteiger partial charge in [0.25, 0.3) is 5.91 Å². The first kappa shape index (κ1) is 12.3. The third kappa shape index (κ3) is 2.26. The third-order valence-corrected chi connectivity index (χ3v) is 4.28. The number of fused-ring (bicyclic) bond motifs is 1. The van der Waals surface area contributed by atoms with Crippen LogP contribution in [-0.2, 0) is 13.0 Å². The minimum Gasteiger partial charge on any atom is -0.334 e. The van der Waals surface area contributed by atoms with Crippen molar-refractivity contribution < 1.29 is 13.6 Å². The van der Waals surface area contributed by atoms with Crippen molar-refractivity contribution in [3.05, 3.63) is 57.3 Å². The first-order valence-electron chi connectivity index (χ1n) is 5.95. The van der Waals surface area contributed by atoms with Crippen molar-refractivity contribution in [3.8, 4) is 0 Å². The molecule has 2 aromatic rings. The van der Waals surface area contributed by atoms with Gasteiger partial charge in [-0.15, -0.1) is 11.3 Å². The standard InChI is InChI=1S/C14H11F2NOS/c15-10-1-2-12(16)11(7-10)14(18)17-5-3-13-9(8-17)4-6-19-13/h1-2,4,6-7H,3,5,8H2. The Bertz CT molecular complexity index is 638. The van der Waals surface area contributed by atoms with Crippen molar-refractivity contribution in [1.29, 1.82) is 0 Å². The van der Waals surface area contributed by atoms with Gasteiger partial charge in [0.15, 0.2) is 0 Å². The van der Waals surface area contributed by atoms with E-state index in [1.54, 1.807) is 16.2 Å². The number of hydrogen-bond acceptors (Lipinski definition) is 2. The van der Waals surface area contributed by atoms with Crippen LogP contribution in [0, 0.1) is 11.6 Å². The molecule has 0 unspecified atom stereocenters. The van der Waals surface area contributed by atoms with Crippen LogP contribution in [0.1, 0.15) is 20.8 Å². The van der Waals surface area contributed by atoms with Crippen LogP contribution in [0.15, 0.2) is 29.6 Å². The molecule has 0 saturated heterocycles. The zero-order valence-corrected chi connectivity index (χ0v) is 10.8. The fraction of sp³-hybridized carbons (Fsp3) is 0.214. The van der Waals surface area contributed by atoms with E-state index in [0.717, 1.165) is 30.2 Å². The Balaban J connectivity index is 1.87. The normalized spacial score (nSPS) is 14.3. The molecule has 19 heavy (non-hydrogen) atoms. The number of benzene rings is 1. The molecule has 0 N–H and O–H groups in total. The molecule has 1 aromatic heterocycles. The Kier molecular flexibility index (Phi) is 3.06. The van der Waals surface area contributed by atoms with E-state index in [4.69, 9.17) is 0 Å². The maximum atomic E-state index is 13.6. The summed E-state index contributed by atoms with van der Waals surface area (Å²) in [5.41, 5.74) is 0.903. The second kappa shape index (κ2) is 4.74. The van der Waals surface area contributed by atoms with Gasteiger partial charge in [-0.3, -0.25) is 4.79 Å². The first-order valence-corrected chi connectivity index (χ1v) is 6.82. The average molecular weight is 279 g/mol. The van der Waals surface area contributed by atoms with Crippen molar-refractivity contribution in [3.63, 3.8) is 0 Å². The molecule has 1 aliphatic heterocycles. The van der Waals surface area contributed by atoms with Crippen molar-refractivity contribution in [2.24, 2.45) is 0 Å². The summed E-state index contributed by atoms with van der Waals surface area (Å²) in [6.45, 7) is 1.01. The van der Waals surface area contributed by atoms with Crippen molar-refractivity contribution in [2.45, 2.75) is 13.0 Å². The van der Waals surface area contributed by atoms with E-state index in [2.05, 4.69) is 0 Å². The number of carbonyl (C=O) groups is 1. The quantitative estimate of drug-likeness (QED) is 0.785. The molecule has 1 aromatic carbocycles. The van der Waals surface area contributed by atoms with Crippen LogP contribution < -0.4 is 0 Å². The fourth-order valence-corrected chi connectivity index (χ4v) is 3.14. The minimum absolute atomic E-state index is 0.196. The fourth-order valence-electron chi connectivity index (χ4n) is 2.25. The van der Waals surface area contributed by atoms with Gasteiger partial charge in [0.05, 0.1) is 5.56 Å². The summed E-state index contributed by atoms with van der Waals surface area (Å²) >= 11 is 1.67. The smallest absolute Gasteiger partial charge is 0.257 e. The number of hydrogen-bond donors (Lipinski definition) is 0. The number of carbonyl (C=O) groups excluding carboxylic acids is 1.